The number of fused-ring (bicyclic) bond motifs is 1. The Kier molecular flexibility index (Phi) is 7.28. The van der Waals surface area contributed by atoms with E-state index in [0.29, 0.717) is 18.7 Å². The van der Waals surface area contributed by atoms with Gasteiger partial charge in [0.05, 0.1) is 11.5 Å². The normalized spacial score (nSPS) is 21.5. The summed E-state index contributed by atoms with van der Waals surface area (Å²) in [6.07, 6.45) is 5.69. The second-order valence-corrected chi connectivity index (χ2v) is 10.2. The fraction of sp³-hybridized carbons (Fsp3) is 0.414. The van der Waals surface area contributed by atoms with E-state index >= 15 is 0 Å². The topological polar surface area (TPSA) is 101 Å². The van der Waals surface area contributed by atoms with Gasteiger partial charge in [-0.15, -0.1) is 0 Å². The standard InChI is InChI=1S/C29H35N5O3/c1-32-19-23(21-11-5-7-13-24(21)32)29(37)34-17-15-33(16-18-34)25-14-8-6-12-22(25)28(36)31-26(27(30)35)20-9-3-2-4-10-20/h2-5,7,9-11,13,19,22,25-26H,6,8,12,14-18H2,1H3,(H2,30,35)(H,31,36)/t22-,25-,26+/m1/s1. The van der Waals surface area contributed by atoms with Crippen molar-refractivity contribution >= 4 is 28.6 Å². The minimum atomic E-state index is -0.841. The Morgan fingerprint density at radius 3 is 2.32 bits per heavy atom. The molecule has 2 fully saturated rings. The number of rotatable bonds is 6. The van der Waals surface area contributed by atoms with Gasteiger partial charge in [0.1, 0.15) is 6.04 Å². The molecule has 2 aromatic carbocycles. The van der Waals surface area contributed by atoms with E-state index in [0.717, 1.165) is 55.2 Å². The van der Waals surface area contributed by atoms with Crippen LogP contribution in [-0.2, 0) is 16.6 Å². The quantitative estimate of drug-likeness (QED) is 0.542. The monoisotopic (exact) mass is 501 g/mol. The lowest BCUT2D eigenvalue weighted by molar-refractivity contribution is -0.133. The summed E-state index contributed by atoms with van der Waals surface area (Å²) >= 11 is 0. The van der Waals surface area contributed by atoms with E-state index in [9.17, 15) is 14.4 Å². The van der Waals surface area contributed by atoms with Gasteiger partial charge in [0.2, 0.25) is 11.8 Å². The van der Waals surface area contributed by atoms with Crippen LogP contribution in [0.1, 0.15) is 47.6 Å². The Morgan fingerprint density at radius 2 is 1.59 bits per heavy atom. The predicted molar refractivity (Wildman–Crippen MR) is 143 cm³/mol. The first-order valence-corrected chi connectivity index (χ1v) is 13.2. The number of carbonyl (C=O) groups excluding carboxylic acids is 3. The van der Waals surface area contributed by atoms with Crippen molar-refractivity contribution in [2.24, 2.45) is 18.7 Å². The van der Waals surface area contributed by atoms with Gasteiger partial charge >= 0.3 is 0 Å². The van der Waals surface area contributed by atoms with Crippen LogP contribution in [0, 0.1) is 5.92 Å². The molecule has 0 unspecified atom stereocenters. The Labute approximate surface area is 217 Å². The molecule has 5 rings (SSSR count). The van der Waals surface area contributed by atoms with E-state index in [-0.39, 0.29) is 23.8 Å². The summed E-state index contributed by atoms with van der Waals surface area (Å²) in [4.78, 5) is 43.2. The molecule has 1 aromatic heterocycles. The number of hydrogen-bond donors (Lipinski definition) is 2. The minimum absolute atomic E-state index is 0.0570. The van der Waals surface area contributed by atoms with Crippen LogP contribution >= 0.6 is 0 Å². The van der Waals surface area contributed by atoms with E-state index in [1.807, 2.05) is 65.2 Å². The summed E-state index contributed by atoms with van der Waals surface area (Å²) in [7, 11) is 1.96. The van der Waals surface area contributed by atoms with Crippen LogP contribution in [0.15, 0.2) is 60.8 Å². The molecule has 2 aliphatic rings. The Hall–Kier alpha value is -3.65. The number of nitrogens with two attached hydrogens (primary N) is 1. The van der Waals surface area contributed by atoms with Gasteiger partial charge in [-0.3, -0.25) is 19.3 Å². The van der Waals surface area contributed by atoms with Crippen molar-refractivity contribution in [1.82, 2.24) is 19.7 Å². The molecule has 1 aliphatic carbocycles. The molecule has 194 valence electrons. The molecule has 2 heterocycles. The van der Waals surface area contributed by atoms with E-state index in [2.05, 4.69) is 10.2 Å². The maximum atomic E-state index is 13.4. The van der Waals surface area contributed by atoms with Crippen LogP contribution in [0.5, 0.6) is 0 Å². The van der Waals surface area contributed by atoms with Crippen LogP contribution < -0.4 is 11.1 Å². The van der Waals surface area contributed by atoms with E-state index in [1.165, 1.54) is 0 Å². The van der Waals surface area contributed by atoms with Crippen molar-refractivity contribution in [2.45, 2.75) is 37.8 Å². The first kappa shape index (κ1) is 25.0. The molecule has 8 heteroatoms. The summed E-state index contributed by atoms with van der Waals surface area (Å²) in [5.41, 5.74) is 8.12. The molecule has 3 amide bonds. The molecular formula is C29H35N5O3. The average Bonchev–Trinajstić information content (AvgIpc) is 3.28. The number of nitrogens with one attached hydrogen (secondary N) is 1. The number of piperazine rings is 1. The molecule has 37 heavy (non-hydrogen) atoms. The van der Waals surface area contributed by atoms with Crippen molar-refractivity contribution in [3.05, 3.63) is 71.9 Å². The number of hydrogen-bond acceptors (Lipinski definition) is 4. The number of nitrogens with zero attached hydrogens (tertiary/aromatic N) is 3. The first-order chi connectivity index (χ1) is 17.9. The molecule has 8 nitrogen and oxygen atoms in total. The minimum Gasteiger partial charge on any atom is -0.368 e. The fourth-order valence-electron chi connectivity index (χ4n) is 6.01. The molecule has 0 bridgehead atoms. The van der Waals surface area contributed by atoms with Gasteiger partial charge in [-0.05, 0) is 24.5 Å². The summed E-state index contributed by atoms with van der Waals surface area (Å²) in [6.45, 7) is 2.70. The second kappa shape index (κ2) is 10.8. The van der Waals surface area contributed by atoms with Crippen molar-refractivity contribution in [3.8, 4) is 0 Å². The lowest BCUT2D eigenvalue weighted by Gasteiger charge is -2.43. The smallest absolute Gasteiger partial charge is 0.256 e. The molecule has 3 aromatic rings. The zero-order chi connectivity index (χ0) is 25.9. The largest absolute Gasteiger partial charge is 0.368 e. The highest BCUT2D eigenvalue weighted by molar-refractivity contribution is 6.07. The van der Waals surface area contributed by atoms with Gasteiger partial charge in [0.25, 0.3) is 5.91 Å². The number of para-hydroxylation sites is 1. The summed E-state index contributed by atoms with van der Waals surface area (Å²) < 4.78 is 2.00. The van der Waals surface area contributed by atoms with Gasteiger partial charge in [-0.25, -0.2) is 0 Å². The average molecular weight is 502 g/mol. The maximum Gasteiger partial charge on any atom is 0.256 e. The molecule has 1 aliphatic heterocycles. The highest BCUT2D eigenvalue weighted by Crippen LogP contribution is 2.31. The van der Waals surface area contributed by atoms with Crippen molar-refractivity contribution in [2.75, 3.05) is 26.2 Å². The highest BCUT2D eigenvalue weighted by Gasteiger charge is 2.38. The Bertz CT molecular complexity index is 1280. The third-order valence-electron chi connectivity index (χ3n) is 7.97. The van der Waals surface area contributed by atoms with Crippen LogP contribution in [0.25, 0.3) is 10.9 Å². The number of primary amides is 1. The van der Waals surface area contributed by atoms with E-state index < -0.39 is 11.9 Å². The SMILES string of the molecule is Cn1cc(C(=O)N2CCN([C@@H]3CCCC[C@H]3C(=O)N[C@H](C(N)=O)c3ccccc3)CC2)c2ccccc21. The Balaban J connectivity index is 1.25. The van der Waals surface area contributed by atoms with Crippen molar-refractivity contribution < 1.29 is 14.4 Å². The highest BCUT2D eigenvalue weighted by atomic mass is 16.2. The van der Waals surface area contributed by atoms with Gasteiger partial charge in [-0.2, -0.15) is 0 Å². The first-order valence-electron chi connectivity index (χ1n) is 13.2. The summed E-state index contributed by atoms with van der Waals surface area (Å²) in [5, 5.41) is 3.91. The number of amides is 3. The second-order valence-electron chi connectivity index (χ2n) is 10.2. The number of aromatic nitrogens is 1. The third kappa shape index (κ3) is 5.11. The number of aryl methyl sites for hydroxylation is 1. The third-order valence-corrected chi connectivity index (χ3v) is 7.97. The number of benzene rings is 2. The van der Waals surface area contributed by atoms with Crippen molar-refractivity contribution in [3.63, 3.8) is 0 Å². The van der Waals surface area contributed by atoms with E-state index in [4.69, 9.17) is 5.73 Å². The van der Waals surface area contributed by atoms with Gasteiger partial charge in [-0.1, -0.05) is 61.4 Å². The predicted octanol–water partition coefficient (Wildman–Crippen LogP) is 2.84. The maximum absolute atomic E-state index is 13.4. The zero-order valence-electron chi connectivity index (χ0n) is 21.3. The Morgan fingerprint density at radius 1 is 0.919 bits per heavy atom. The molecule has 1 saturated heterocycles. The van der Waals surface area contributed by atoms with Gasteiger partial charge in [0.15, 0.2) is 0 Å². The van der Waals surface area contributed by atoms with Crippen LogP contribution in [0.2, 0.25) is 0 Å². The summed E-state index contributed by atoms with van der Waals surface area (Å²) in [6, 6.07) is 16.4. The van der Waals surface area contributed by atoms with Gasteiger partial charge in [0, 0.05) is 56.4 Å². The lowest BCUT2D eigenvalue weighted by Crippen LogP contribution is -2.56. The zero-order valence-corrected chi connectivity index (χ0v) is 21.3. The molecular weight excluding hydrogens is 466 g/mol. The van der Waals surface area contributed by atoms with Crippen LogP contribution in [0.4, 0.5) is 0 Å². The van der Waals surface area contributed by atoms with Crippen LogP contribution in [0.3, 0.4) is 0 Å². The molecule has 3 atom stereocenters. The lowest BCUT2D eigenvalue weighted by atomic mass is 9.82. The number of carbonyl (C=O) groups is 3. The summed E-state index contributed by atoms with van der Waals surface area (Å²) in [5.74, 6) is -0.833. The molecule has 0 radical (unpaired) electrons. The fourth-order valence-corrected chi connectivity index (χ4v) is 6.01. The molecule has 1 saturated carbocycles. The van der Waals surface area contributed by atoms with Crippen molar-refractivity contribution in [1.29, 1.82) is 0 Å². The molecule has 0 spiro atoms. The molecule has 3 N–H and O–H groups in total. The van der Waals surface area contributed by atoms with Crippen LogP contribution in [-0.4, -0.2) is 64.3 Å². The van der Waals surface area contributed by atoms with Gasteiger partial charge < -0.3 is 20.5 Å². The van der Waals surface area contributed by atoms with E-state index in [1.54, 1.807) is 12.1 Å².